The van der Waals surface area contributed by atoms with Gasteiger partial charge in [0.1, 0.15) is 6.54 Å². The lowest BCUT2D eigenvalue weighted by atomic mass is 10.1. The Hall–Kier alpha value is -2.81. The van der Waals surface area contributed by atoms with Crippen molar-refractivity contribution in [3.63, 3.8) is 0 Å². The molecule has 0 radical (unpaired) electrons. The molecule has 1 aromatic carbocycles. The van der Waals surface area contributed by atoms with Gasteiger partial charge >= 0.3 is 11.8 Å². The van der Waals surface area contributed by atoms with Gasteiger partial charge in [-0.15, -0.1) is 0 Å². The molecule has 2 rings (SSSR count). The third-order valence-corrected chi connectivity index (χ3v) is 2.83. The Morgan fingerprint density at radius 1 is 1.19 bits per heavy atom. The van der Waals surface area contributed by atoms with Gasteiger partial charge in [-0.25, -0.2) is 4.57 Å². The zero-order valence-corrected chi connectivity index (χ0v) is 11.1. The molecule has 21 heavy (non-hydrogen) atoms. The summed E-state index contributed by atoms with van der Waals surface area (Å²) < 4.78 is 0.828. The molecule has 0 saturated heterocycles. The molecule has 9 nitrogen and oxygen atoms in total. The predicted octanol–water partition coefficient (Wildman–Crippen LogP) is 2.24. The Kier molecular flexibility index (Phi) is 3.94. The van der Waals surface area contributed by atoms with Crippen LogP contribution in [0.2, 0.25) is 5.02 Å². The van der Waals surface area contributed by atoms with E-state index < -0.39 is 33.9 Å². The Morgan fingerprint density at radius 3 is 2.33 bits per heavy atom. The van der Waals surface area contributed by atoms with Gasteiger partial charge in [0.25, 0.3) is 0 Å². The first-order valence-corrected chi connectivity index (χ1v) is 5.91. The van der Waals surface area contributed by atoms with Crippen molar-refractivity contribution < 1.29 is 14.6 Å². The number of nitrogens with zero attached hydrogens (tertiary/aromatic N) is 4. The van der Waals surface area contributed by atoms with Crippen molar-refractivity contribution in [2.24, 2.45) is 0 Å². The molecule has 0 saturated carbocycles. The predicted molar refractivity (Wildman–Crippen MR) is 71.3 cm³/mol. The number of nitro groups is 2. The highest BCUT2D eigenvalue weighted by molar-refractivity contribution is 6.30. The largest absolute Gasteiger partial charge is 0.439 e. The number of hydrogen-bond acceptors (Lipinski definition) is 6. The van der Waals surface area contributed by atoms with Gasteiger partial charge in [0.15, 0.2) is 12.0 Å². The van der Waals surface area contributed by atoms with E-state index >= 15 is 0 Å². The van der Waals surface area contributed by atoms with Crippen LogP contribution in [0.3, 0.4) is 0 Å². The second-order valence-corrected chi connectivity index (χ2v) is 4.41. The van der Waals surface area contributed by atoms with E-state index in [1.54, 1.807) is 0 Å². The van der Waals surface area contributed by atoms with Gasteiger partial charge in [-0.3, -0.25) is 4.79 Å². The summed E-state index contributed by atoms with van der Waals surface area (Å²) >= 11 is 5.69. The van der Waals surface area contributed by atoms with Crippen LogP contribution < -0.4 is 0 Å². The third kappa shape index (κ3) is 3.20. The molecule has 0 unspecified atom stereocenters. The molecule has 0 spiro atoms. The maximum Gasteiger partial charge on any atom is 0.439 e. The van der Waals surface area contributed by atoms with Crippen LogP contribution in [0.15, 0.2) is 30.5 Å². The van der Waals surface area contributed by atoms with Crippen LogP contribution in [0.5, 0.6) is 0 Å². The summed E-state index contributed by atoms with van der Waals surface area (Å²) in [6.45, 7) is -0.432. The van der Waals surface area contributed by atoms with Crippen molar-refractivity contribution in [1.82, 2.24) is 9.55 Å². The zero-order chi connectivity index (χ0) is 15.6. The Labute approximate surface area is 122 Å². The molecule has 0 aliphatic carbocycles. The fourth-order valence-electron chi connectivity index (χ4n) is 1.62. The molecule has 0 aliphatic heterocycles. The lowest BCUT2D eigenvalue weighted by Crippen LogP contribution is -2.12. The summed E-state index contributed by atoms with van der Waals surface area (Å²) in [5.41, 5.74) is 0.282. The summed E-state index contributed by atoms with van der Waals surface area (Å²) in [7, 11) is 0. The van der Waals surface area contributed by atoms with Crippen molar-refractivity contribution in [1.29, 1.82) is 0 Å². The fraction of sp³-hybridized carbons (Fsp3) is 0.0909. The second kappa shape index (κ2) is 5.67. The second-order valence-electron chi connectivity index (χ2n) is 3.97. The topological polar surface area (TPSA) is 121 Å². The molecule has 1 aromatic heterocycles. The van der Waals surface area contributed by atoms with E-state index in [4.69, 9.17) is 11.6 Å². The van der Waals surface area contributed by atoms with Gasteiger partial charge in [-0.2, -0.15) is 0 Å². The minimum Gasteiger partial charge on any atom is -0.390 e. The molecule has 0 bridgehead atoms. The van der Waals surface area contributed by atoms with Crippen molar-refractivity contribution in [3.8, 4) is 0 Å². The van der Waals surface area contributed by atoms with Crippen LogP contribution in [0.4, 0.5) is 11.8 Å². The van der Waals surface area contributed by atoms with Crippen molar-refractivity contribution >= 4 is 29.2 Å². The quantitative estimate of drug-likeness (QED) is 0.474. The summed E-state index contributed by atoms with van der Waals surface area (Å²) in [6.07, 6.45) is 0.853. The minimum absolute atomic E-state index is 0.282. The van der Waals surface area contributed by atoms with Crippen molar-refractivity contribution in [3.05, 3.63) is 61.3 Å². The summed E-state index contributed by atoms with van der Waals surface area (Å²) in [5.74, 6) is -1.91. The maximum absolute atomic E-state index is 12.0. The van der Waals surface area contributed by atoms with Crippen LogP contribution in [0, 0.1) is 20.2 Å². The first-order chi connectivity index (χ1) is 9.88. The standard InChI is InChI=1S/C11H7ClN4O5/c12-8-3-1-7(2-4-8)9(17)5-14-6-10(15(18)19)13-11(14)16(20)21/h1-4,6H,5H2. The zero-order valence-electron chi connectivity index (χ0n) is 10.3. The van der Waals surface area contributed by atoms with Gasteiger partial charge in [0.05, 0.1) is 0 Å². The average Bonchev–Trinajstić information content (AvgIpc) is 2.83. The average molecular weight is 311 g/mol. The molecule has 0 N–H and O–H groups in total. The van der Waals surface area contributed by atoms with Crippen LogP contribution in [0.1, 0.15) is 10.4 Å². The van der Waals surface area contributed by atoms with Gasteiger partial charge < -0.3 is 20.2 Å². The van der Waals surface area contributed by atoms with E-state index in [9.17, 15) is 25.0 Å². The first kappa shape index (κ1) is 14.6. The monoisotopic (exact) mass is 310 g/mol. The van der Waals surface area contributed by atoms with Gasteiger partial charge in [-0.1, -0.05) is 11.6 Å². The summed E-state index contributed by atoms with van der Waals surface area (Å²) in [4.78, 5) is 34.9. The molecular weight excluding hydrogens is 304 g/mol. The van der Waals surface area contributed by atoms with Crippen LogP contribution in [-0.4, -0.2) is 25.2 Å². The summed E-state index contributed by atoms with van der Waals surface area (Å²) in [5, 5.41) is 21.8. The van der Waals surface area contributed by atoms with Crippen LogP contribution in [0.25, 0.3) is 0 Å². The van der Waals surface area contributed by atoms with Crippen LogP contribution >= 0.6 is 11.6 Å². The number of aromatic nitrogens is 2. The van der Waals surface area contributed by atoms with Gasteiger partial charge in [0, 0.05) is 10.6 Å². The van der Waals surface area contributed by atoms with E-state index in [-0.39, 0.29) is 5.56 Å². The molecule has 2 aromatic rings. The smallest absolute Gasteiger partial charge is 0.390 e. The Bertz CT molecular complexity index is 725. The Morgan fingerprint density at radius 2 is 1.81 bits per heavy atom. The third-order valence-electron chi connectivity index (χ3n) is 2.57. The summed E-state index contributed by atoms with van der Waals surface area (Å²) in [6, 6.07) is 5.92. The molecule has 0 amide bonds. The molecule has 0 aliphatic rings. The van der Waals surface area contributed by atoms with Gasteiger partial charge in [-0.05, 0) is 39.1 Å². The van der Waals surface area contributed by atoms with Crippen LogP contribution in [-0.2, 0) is 6.54 Å². The number of benzene rings is 1. The van der Waals surface area contributed by atoms with E-state index in [0.717, 1.165) is 10.8 Å². The molecular formula is C11H7ClN4O5. The SMILES string of the molecule is O=C(Cn1cc([N+](=O)[O-])nc1[N+](=O)[O-])c1ccc(Cl)cc1. The number of ketones is 1. The number of imidazole rings is 1. The highest BCUT2D eigenvalue weighted by Gasteiger charge is 2.25. The number of rotatable bonds is 5. The highest BCUT2D eigenvalue weighted by Crippen LogP contribution is 2.18. The first-order valence-electron chi connectivity index (χ1n) is 5.53. The molecule has 0 atom stereocenters. The minimum atomic E-state index is -0.887. The number of Topliss-reactive ketones (excluding diaryl/α,β-unsaturated/α-hetero) is 1. The molecule has 1 heterocycles. The fourth-order valence-corrected chi connectivity index (χ4v) is 1.75. The molecule has 0 fully saturated rings. The van der Waals surface area contributed by atoms with Crippen molar-refractivity contribution in [2.45, 2.75) is 6.54 Å². The van der Waals surface area contributed by atoms with E-state index in [1.807, 2.05) is 0 Å². The van der Waals surface area contributed by atoms with Gasteiger partial charge in [0.2, 0.25) is 0 Å². The number of carbonyl (C=O) groups is 1. The maximum atomic E-state index is 12.0. The Balaban J connectivity index is 2.30. The van der Waals surface area contributed by atoms with E-state index in [0.29, 0.717) is 5.02 Å². The highest BCUT2D eigenvalue weighted by atomic mass is 35.5. The lowest BCUT2D eigenvalue weighted by molar-refractivity contribution is -0.403. The van der Waals surface area contributed by atoms with Crippen molar-refractivity contribution in [2.75, 3.05) is 0 Å². The number of halogens is 1. The normalized spacial score (nSPS) is 10.3. The van der Waals surface area contributed by atoms with E-state index in [1.165, 1.54) is 24.3 Å². The number of hydrogen-bond donors (Lipinski definition) is 0. The lowest BCUT2D eigenvalue weighted by Gasteiger charge is -2.01. The number of carbonyl (C=O) groups excluding carboxylic acids is 1. The molecule has 108 valence electrons. The van der Waals surface area contributed by atoms with E-state index in [2.05, 4.69) is 4.98 Å². The molecule has 10 heteroatoms.